The fourth-order valence-corrected chi connectivity index (χ4v) is 7.39. The number of halogens is 1. The van der Waals surface area contributed by atoms with Crippen molar-refractivity contribution < 1.29 is 28.1 Å². The molecule has 4 rings (SSSR count). The van der Waals surface area contributed by atoms with Crippen LogP contribution in [0.1, 0.15) is 83.9 Å². The van der Waals surface area contributed by atoms with Crippen LogP contribution in [0.25, 0.3) is 5.70 Å². The number of allylic oxidation sites excluding steroid dienone is 3. The Balaban J connectivity index is 1.88. The minimum atomic E-state index is -0.596. The molecule has 2 aromatic rings. The molecule has 0 spiro atoms. The average Bonchev–Trinajstić information content (AvgIpc) is 3.21. The van der Waals surface area contributed by atoms with Crippen LogP contribution in [0.3, 0.4) is 0 Å². The van der Waals surface area contributed by atoms with E-state index in [0.29, 0.717) is 11.8 Å². The van der Waals surface area contributed by atoms with Crippen LogP contribution in [0.2, 0.25) is 0 Å². The van der Waals surface area contributed by atoms with E-state index < -0.39 is 18.7 Å². The summed E-state index contributed by atoms with van der Waals surface area (Å²) in [5, 5.41) is 0. The summed E-state index contributed by atoms with van der Waals surface area (Å²) >= 11 is -0.596. The fourth-order valence-electron chi connectivity index (χ4n) is 4.88. The predicted molar refractivity (Wildman–Crippen MR) is 152 cm³/mol. The topological polar surface area (TPSA) is 24.9 Å². The SMILES string of the molecule is CC(C)Oc1cccc(OC(C)C)c1C1=CC=CC2=CN(c3c(C(C)C)cccc3C(C)C)[CH]([Au-][Cl])N21. The Labute approximate surface area is 236 Å². The van der Waals surface area contributed by atoms with Crippen LogP contribution in [0.4, 0.5) is 5.69 Å². The molecule has 4 nitrogen and oxygen atoms in total. The number of hydrogen-bond donors (Lipinski definition) is 0. The van der Waals surface area contributed by atoms with Crippen LogP contribution in [0, 0.1) is 0 Å². The monoisotopic (exact) mass is 703 g/mol. The van der Waals surface area contributed by atoms with Crippen LogP contribution in [-0.2, 0) is 18.7 Å². The van der Waals surface area contributed by atoms with E-state index in [2.05, 4.69) is 108 Å². The number of benzene rings is 2. The van der Waals surface area contributed by atoms with Gasteiger partial charge in [-0.05, 0) is 0 Å². The van der Waals surface area contributed by atoms with Crippen molar-refractivity contribution in [3.05, 3.63) is 83.2 Å². The Bertz CT molecular complexity index is 1160. The molecule has 0 radical (unpaired) electrons. The van der Waals surface area contributed by atoms with Crippen LogP contribution < -0.4 is 14.4 Å². The zero-order chi connectivity index (χ0) is 26.9. The molecule has 1 unspecified atom stereocenters. The molecule has 0 amide bonds. The predicted octanol–water partition coefficient (Wildman–Crippen LogP) is 8.60. The first kappa shape index (κ1) is 27.9. The molecule has 2 aliphatic heterocycles. The molecule has 1 atom stereocenters. The zero-order valence-electron chi connectivity index (χ0n) is 23.1. The molecular weight excluding hydrogens is 665 g/mol. The Morgan fingerprint density at radius 2 is 1.35 bits per heavy atom. The molecule has 2 aromatic carbocycles. The normalized spacial score (nSPS) is 17.3. The number of nitrogens with zero attached hydrogens (tertiary/aromatic N) is 2. The third-order valence-corrected chi connectivity index (χ3v) is 8.91. The maximum atomic E-state index is 6.90. The summed E-state index contributed by atoms with van der Waals surface area (Å²) in [6, 6.07) is 12.8. The number of anilines is 1. The van der Waals surface area contributed by atoms with E-state index >= 15 is 0 Å². The van der Waals surface area contributed by atoms with E-state index in [1.54, 1.807) is 0 Å². The second kappa shape index (κ2) is 11.7. The quantitative estimate of drug-likeness (QED) is 0.244. The first-order chi connectivity index (χ1) is 17.6. The Kier molecular flexibility index (Phi) is 8.85. The van der Waals surface area contributed by atoms with Crippen LogP contribution in [0.15, 0.2) is 66.5 Å². The van der Waals surface area contributed by atoms with E-state index in [0.717, 1.165) is 28.5 Å². The molecular formula is C31H39AuClN2O2-. The molecule has 0 saturated carbocycles. The Hall–Kier alpha value is -2.11. The molecule has 0 saturated heterocycles. The maximum absolute atomic E-state index is 6.90. The average molecular weight is 704 g/mol. The Morgan fingerprint density at radius 1 is 0.811 bits per heavy atom. The van der Waals surface area contributed by atoms with Crippen molar-refractivity contribution in [1.82, 2.24) is 4.90 Å². The van der Waals surface area contributed by atoms with Gasteiger partial charge in [0.05, 0.1) is 0 Å². The number of hydrogen-bond acceptors (Lipinski definition) is 4. The molecule has 37 heavy (non-hydrogen) atoms. The van der Waals surface area contributed by atoms with E-state index in [1.807, 2.05) is 18.2 Å². The van der Waals surface area contributed by atoms with E-state index in [-0.39, 0.29) is 16.6 Å². The summed E-state index contributed by atoms with van der Waals surface area (Å²) in [4.78, 5) is 4.80. The van der Waals surface area contributed by atoms with Crippen LogP contribution >= 0.6 is 9.19 Å². The Morgan fingerprint density at radius 3 is 1.84 bits per heavy atom. The summed E-state index contributed by atoms with van der Waals surface area (Å²) in [5.41, 5.74) is 7.14. The van der Waals surface area contributed by atoms with Gasteiger partial charge in [0.15, 0.2) is 0 Å². The van der Waals surface area contributed by atoms with Gasteiger partial charge >= 0.3 is 237 Å². The summed E-state index contributed by atoms with van der Waals surface area (Å²) in [7, 11) is 6.90. The van der Waals surface area contributed by atoms with Gasteiger partial charge < -0.3 is 0 Å². The van der Waals surface area contributed by atoms with Crippen molar-refractivity contribution in [3.8, 4) is 11.5 Å². The molecule has 0 bridgehead atoms. The van der Waals surface area contributed by atoms with Crippen molar-refractivity contribution in [2.45, 2.75) is 83.8 Å². The molecule has 2 heterocycles. The second-order valence-corrected chi connectivity index (χ2v) is 13.3. The summed E-state index contributed by atoms with van der Waals surface area (Å²) in [6.07, 6.45) is 8.81. The number of fused-ring (bicyclic) bond motifs is 1. The molecule has 0 N–H and O–H groups in total. The van der Waals surface area contributed by atoms with Gasteiger partial charge in [0.2, 0.25) is 0 Å². The standard InChI is InChI=1S/C31H39N2O2.Au.ClH/c1-20(2)25-13-10-14-26(21(3)4)31(25)32-18-24-12-9-15-27(33(24)19-32)30-28(34-22(5)6)16-11-17-29(30)35-23(7)8;;/h9-23H,1-8H3;;1H/p-1. The van der Waals surface area contributed by atoms with Gasteiger partial charge in [-0.25, -0.2) is 0 Å². The number of rotatable bonds is 9. The number of ether oxygens (including phenoxy) is 2. The summed E-state index contributed by atoms with van der Waals surface area (Å²) in [6.45, 7) is 17.3. The summed E-state index contributed by atoms with van der Waals surface area (Å²) < 4.78 is 12.6. The van der Waals surface area contributed by atoms with Gasteiger partial charge in [0.1, 0.15) is 0 Å². The van der Waals surface area contributed by atoms with Crippen molar-refractivity contribution in [2.24, 2.45) is 0 Å². The number of para-hydroxylation sites is 1. The van der Waals surface area contributed by atoms with Crippen LogP contribution in [0.5, 0.6) is 11.5 Å². The van der Waals surface area contributed by atoms with Gasteiger partial charge in [-0.3, -0.25) is 0 Å². The molecule has 0 aliphatic carbocycles. The molecule has 2 aliphatic rings. The third kappa shape index (κ3) is 5.68. The zero-order valence-corrected chi connectivity index (χ0v) is 26.0. The second-order valence-electron chi connectivity index (χ2n) is 10.6. The van der Waals surface area contributed by atoms with Crippen molar-refractivity contribution >= 4 is 20.6 Å². The minimum absolute atomic E-state index is 0.00396. The van der Waals surface area contributed by atoms with Crippen molar-refractivity contribution in [3.63, 3.8) is 0 Å². The van der Waals surface area contributed by atoms with Crippen LogP contribution in [-0.4, -0.2) is 21.5 Å². The van der Waals surface area contributed by atoms with Gasteiger partial charge in [0, 0.05) is 0 Å². The van der Waals surface area contributed by atoms with Crippen molar-refractivity contribution in [1.29, 1.82) is 0 Å². The van der Waals surface area contributed by atoms with Gasteiger partial charge in [-0.1, -0.05) is 0 Å². The van der Waals surface area contributed by atoms with Gasteiger partial charge in [-0.15, -0.1) is 0 Å². The summed E-state index contributed by atoms with van der Waals surface area (Å²) in [5.74, 6) is 2.44. The van der Waals surface area contributed by atoms with E-state index in [9.17, 15) is 0 Å². The molecule has 0 aromatic heterocycles. The molecule has 204 valence electrons. The molecule has 0 fully saturated rings. The first-order valence-corrected chi connectivity index (χ1v) is 17.0. The third-order valence-electron chi connectivity index (χ3n) is 6.36. The molecule has 6 heteroatoms. The van der Waals surface area contributed by atoms with E-state index in [1.165, 1.54) is 16.8 Å². The first-order valence-electron chi connectivity index (χ1n) is 13.1. The van der Waals surface area contributed by atoms with E-state index in [4.69, 9.17) is 18.7 Å². The van der Waals surface area contributed by atoms with Gasteiger partial charge in [0.25, 0.3) is 0 Å². The van der Waals surface area contributed by atoms with Crippen molar-refractivity contribution in [2.75, 3.05) is 4.90 Å². The fraction of sp³-hybridized carbons (Fsp3) is 0.419. The van der Waals surface area contributed by atoms with Gasteiger partial charge in [-0.2, -0.15) is 0 Å².